The molecule has 2 aromatic heterocycles. The zero-order valence-corrected chi connectivity index (χ0v) is 14.8. The third-order valence-corrected chi connectivity index (χ3v) is 4.45. The first-order valence-corrected chi connectivity index (χ1v) is 8.27. The number of halogens is 1. The number of carbonyl (C=O) groups is 1. The molecule has 0 spiro atoms. The lowest BCUT2D eigenvalue weighted by molar-refractivity contribution is -0.132. The van der Waals surface area contributed by atoms with Crippen molar-refractivity contribution in [3.8, 4) is 0 Å². The molecule has 3 aromatic rings. The van der Waals surface area contributed by atoms with E-state index in [2.05, 4.69) is 10.1 Å². The second-order valence-corrected chi connectivity index (χ2v) is 6.09. The number of fused-ring (bicyclic) bond motifs is 1. The molecule has 0 saturated heterocycles. The lowest BCUT2D eigenvalue weighted by atomic mass is 10.2. The fourth-order valence-electron chi connectivity index (χ4n) is 2.63. The minimum atomic E-state index is -0.278. The zero-order chi connectivity index (χ0) is 18.0. The molecule has 0 atom stereocenters. The molecular formula is C17H18ClN5O2. The molecule has 0 radical (unpaired) electrons. The molecule has 0 bridgehead atoms. The maximum Gasteiger partial charge on any atom is 0.264 e. The smallest absolute Gasteiger partial charge is 0.264 e. The predicted octanol–water partition coefficient (Wildman–Crippen LogP) is 1.83. The zero-order valence-electron chi connectivity index (χ0n) is 14.0. The topological polar surface area (TPSA) is 73.0 Å². The first-order valence-electron chi connectivity index (χ1n) is 7.89. The van der Waals surface area contributed by atoms with Crippen LogP contribution in [0.1, 0.15) is 12.5 Å². The average Bonchev–Trinajstić information content (AvgIpc) is 2.98. The highest BCUT2D eigenvalue weighted by Crippen LogP contribution is 2.17. The van der Waals surface area contributed by atoms with E-state index in [0.29, 0.717) is 29.1 Å². The fraction of sp³-hybridized carbons (Fsp3) is 0.294. The van der Waals surface area contributed by atoms with Crippen LogP contribution in [0.3, 0.4) is 0 Å². The van der Waals surface area contributed by atoms with Crippen LogP contribution in [0.25, 0.3) is 11.0 Å². The van der Waals surface area contributed by atoms with Crippen molar-refractivity contribution in [2.45, 2.75) is 20.0 Å². The van der Waals surface area contributed by atoms with Crippen LogP contribution in [0, 0.1) is 0 Å². The van der Waals surface area contributed by atoms with Gasteiger partial charge >= 0.3 is 0 Å². The molecular weight excluding hydrogens is 342 g/mol. The molecule has 3 rings (SSSR count). The predicted molar refractivity (Wildman–Crippen MR) is 95.3 cm³/mol. The highest BCUT2D eigenvalue weighted by Gasteiger charge is 2.16. The Kier molecular flexibility index (Phi) is 4.85. The molecule has 25 heavy (non-hydrogen) atoms. The van der Waals surface area contributed by atoms with E-state index in [1.807, 2.05) is 25.1 Å². The van der Waals surface area contributed by atoms with Gasteiger partial charge in [0.1, 0.15) is 18.3 Å². The molecule has 0 aliphatic rings. The van der Waals surface area contributed by atoms with Gasteiger partial charge in [-0.3, -0.25) is 18.8 Å². The standard InChI is InChI=1S/C17H18ClN5O2/c1-3-22(9-12-6-4-5-7-14(12)18)15(24)10-23-11-19-16-13(17(23)25)8-20-21(16)2/h4-8,11H,3,9-10H2,1-2H3. The quantitative estimate of drug-likeness (QED) is 0.696. The summed E-state index contributed by atoms with van der Waals surface area (Å²) < 4.78 is 2.83. The molecule has 130 valence electrons. The van der Waals surface area contributed by atoms with Crippen LogP contribution in [-0.2, 0) is 24.9 Å². The largest absolute Gasteiger partial charge is 0.337 e. The summed E-state index contributed by atoms with van der Waals surface area (Å²) in [5, 5.41) is 5.03. The Hall–Kier alpha value is -2.67. The molecule has 1 aromatic carbocycles. The molecule has 0 unspecified atom stereocenters. The van der Waals surface area contributed by atoms with Crippen molar-refractivity contribution in [3.05, 3.63) is 57.7 Å². The average molecular weight is 360 g/mol. The molecule has 1 amide bonds. The van der Waals surface area contributed by atoms with Crippen LogP contribution in [0.15, 0.2) is 41.6 Å². The van der Waals surface area contributed by atoms with Gasteiger partial charge in [-0.25, -0.2) is 4.98 Å². The summed E-state index contributed by atoms with van der Waals surface area (Å²) in [7, 11) is 1.71. The molecule has 0 saturated carbocycles. The maximum absolute atomic E-state index is 12.6. The van der Waals surface area contributed by atoms with Gasteiger partial charge in [0.05, 0.1) is 6.20 Å². The molecule has 8 heteroatoms. The van der Waals surface area contributed by atoms with Gasteiger partial charge in [0.2, 0.25) is 5.91 Å². The van der Waals surface area contributed by atoms with Crippen LogP contribution >= 0.6 is 11.6 Å². The number of hydrogen-bond donors (Lipinski definition) is 0. The van der Waals surface area contributed by atoms with Crippen molar-refractivity contribution in [1.29, 1.82) is 0 Å². The third-order valence-electron chi connectivity index (χ3n) is 4.08. The summed E-state index contributed by atoms with van der Waals surface area (Å²) >= 11 is 6.17. The number of hydrogen-bond acceptors (Lipinski definition) is 4. The Balaban J connectivity index is 1.82. The number of rotatable bonds is 5. The van der Waals surface area contributed by atoms with E-state index in [0.717, 1.165) is 5.56 Å². The summed E-state index contributed by atoms with van der Waals surface area (Å²) in [6.07, 6.45) is 2.85. The number of nitrogens with zero attached hydrogens (tertiary/aromatic N) is 5. The van der Waals surface area contributed by atoms with Crippen LogP contribution in [0.2, 0.25) is 5.02 Å². The second kappa shape index (κ2) is 7.06. The van der Waals surface area contributed by atoms with E-state index < -0.39 is 0 Å². The molecule has 0 aliphatic carbocycles. The summed E-state index contributed by atoms with van der Waals surface area (Å²) in [6, 6.07) is 7.40. The van der Waals surface area contributed by atoms with Crippen molar-refractivity contribution in [1.82, 2.24) is 24.2 Å². The van der Waals surface area contributed by atoms with Gasteiger partial charge in [0.15, 0.2) is 5.65 Å². The fourth-order valence-corrected chi connectivity index (χ4v) is 2.83. The molecule has 0 aliphatic heterocycles. The van der Waals surface area contributed by atoms with Crippen LogP contribution in [0.4, 0.5) is 0 Å². The maximum atomic E-state index is 12.6. The van der Waals surface area contributed by atoms with Crippen LogP contribution < -0.4 is 5.56 Å². The Morgan fingerprint density at radius 1 is 1.32 bits per heavy atom. The van der Waals surface area contributed by atoms with Gasteiger partial charge in [-0.05, 0) is 18.6 Å². The monoisotopic (exact) mass is 359 g/mol. The normalized spacial score (nSPS) is 11.0. The molecule has 7 nitrogen and oxygen atoms in total. The van der Waals surface area contributed by atoms with Crippen molar-refractivity contribution in [2.24, 2.45) is 7.05 Å². The van der Waals surface area contributed by atoms with Crippen molar-refractivity contribution >= 4 is 28.5 Å². The first kappa shape index (κ1) is 17.2. The second-order valence-electron chi connectivity index (χ2n) is 5.68. The Morgan fingerprint density at radius 2 is 2.08 bits per heavy atom. The Morgan fingerprint density at radius 3 is 2.80 bits per heavy atom. The third kappa shape index (κ3) is 3.41. The van der Waals surface area contributed by atoms with Gasteiger partial charge in [0, 0.05) is 25.2 Å². The number of likely N-dealkylation sites (N-methyl/N-ethyl adjacent to an activating group) is 1. The van der Waals surface area contributed by atoms with E-state index in [-0.39, 0.29) is 18.0 Å². The van der Waals surface area contributed by atoms with Crippen molar-refractivity contribution in [2.75, 3.05) is 6.54 Å². The minimum absolute atomic E-state index is 0.0744. The number of carbonyl (C=O) groups excluding carboxylic acids is 1. The highest BCUT2D eigenvalue weighted by molar-refractivity contribution is 6.31. The van der Waals surface area contributed by atoms with E-state index in [1.54, 1.807) is 18.0 Å². The van der Waals surface area contributed by atoms with Gasteiger partial charge < -0.3 is 4.90 Å². The number of aryl methyl sites for hydroxylation is 1. The summed E-state index contributed by atoms with van der Waals surface area (Å²) in [4.78, 5) is 31.0. The van der Waals surface area contributed by atoms with Crippen molar-refractivity contribution < 1.29 is 4.79 Å². The van der Waals surface area contributed by atoms with E-state index in [1.165, 1.54) is 21.8 Å². The van der Waals surface area contributed by atoms with Gasteiger partial charge in [-0.1, -0.05) is 29.8 Å². The van der Waals surface area contributed by atoms with Gasteiger partial charge in [0.25, 0.3) is 5.56 Å². The van der Waals surface area contributed by atoms with E-state index in [9.17, 15) is 9.59 Å². The summed E-state index contributed by atoms with van der Waals surface area (Å²) in [5.41, 5.74) is 1.09. The Bertz CT molecular complexity index is 979. The number of aromatic nitrogens is 4. The Labute approximate surface area is 149 Å². The van der Waals surface area contributed by atoms with E-state index in [4.69, 9.17) is 11.6 Å². The summed E-state index contributed by atoms with van der Waals surface area (Å²) in [6.45, 7) is 2.72. The molecule has 0 fully saturated rings. The van der Waals surface area contributed by atoms with Gasteiger partial charge in [-0.15, -0.1) is 0 Å². The molecule has 0 N–H and O–H groups in total. The first-order chi connectivity index (χ1) is 12.0. The van der Waals surface area contributed by atoms with Crippen LogP contribution in [0.5, 0.6) is 0 Å². The number of benzene rings is 1. The summed E-state index contributed by atoms with van der Waals surface area (Å²) in [5.74, 6) is -0.172. The lowest BCUT2D eigenvalue weighted by Gasteiger charge is -2.22. The van der Waals surface area contributed by atoms with E-state index >= 15 is 0 Å². The van der Waals surface area contributed by atoms with Gasteiger partial charge in [-0.2, -0.15) is 5.10 Å². The van der Waals surface area contributed by atoms with Crippen LogP contribution in [-0.4, -0.2) is 36.7 Å². The number of amides is 1. The molecule has 2 heterocycles. The SMILES string of the molecule is CCN(Cc1ccccc1Cl)C(=O)Cn1cnc2c(cnn2C)c1=O. The van der Waals surface area contributed by atoms with Crippen molar-refractivity contribution in [3.63, 3.8) is 0 Å². The highest BCUT2D eigenvalue weighted by atomic mass is 35.5. The minimum Gasteiger partial charge on any atom is -0.337 e. The lowest BCUT2D eigenvalue weighted by Crippen LogP contribution is -2.36.